The molecule has 0 fully saturated rings. The first-order valence-corrected chi connectivity index (χ1v) is 14.5. The molecular weight excluding hydrogens is 713 g/mol. The van der Waals surface area contributed by atoms with Gasteiger partial charge in [-0.2, -0.15) is 0 Å². The molecule has 0 amide bonds. The maximum Gasteiger partial charge on any atom is 0.0321 e. The van der Waals surface area contributed by atoms with Crippen molar-refractivity contribution in [3.8, 4) is 33.6 Å². The zero-order valence-electron chi connectivity index (χ0n) is 27.0. The Morgan fingerprint density at radius 2 is 1.32 bits per heavy atom. The van der Waals surface area contributed by atoms with Crippen molar-refractivity contribution < 1.29 is 22.8 Å². The largest absolute Gasteiger partial charge is 0.305 e. The van der Waals surface area contributed by atoms with Gasteiger partial charge in [-0.15, -0.1) is 71.3 Å². The predicted molar refractivity (Wildman–Crippen MR) is 181 cm³/mol. The van der Waals surface area contributed by atoms with Crippen molar-refractivity contribution in [2.45, 2.75) is 27.1 Å². The molecule has 0 unspecified atom stereocenters. The summed E-state index contributed by atoms with van der Waals surface area (Å²) in [6.07, 6.45) is 2.01. The quantitative estimate of drug-likeness (QED) is 0.132. The molecule has 2 nitrogen and oxygen atoms in total. The van der Waals surface area contributed by atoms with E-state index in [1.54, 1.807) is 18.5 Å². The maximum atomic E-state index is 8.65. The third-order valence-corrected chi connectivity index (χ3v) is 7.09. The van der Waals surface area contributed by atoms with Gasteiger partial charge in [-0.3, -0.25) is 0 Å². The third-order valence-electron chi connectivity index (χ3n) is 7.09. The molecule has 44 heavy (non-hydrogen) atoms. The number of rotatable bonds is 4. The van der Waals surface area contributed by atoms with Crippen molar-refractivity contribution in [3.05, 3.63) is 157 Å². The molecular formula is C41H34IrN2-2. The fourth-order valence-corrected chi connectivity index (χ4v) is 5.24. The van der Waals surface area contributed by atoms with Crippen molar-refractivity contribution in [2.24, 2.45) is 5.41 Å². The fourth-order valence-electron chi connectivity index (χ4n) is 5.24. The normalized spacial score (nSPS) is 12.0. The van der Waals surface area contributed by atoms with Gasteiger partial charge in [0.2, 0.25) is 0 Å². The molecule has 0 saturated heterocycles. The maximum absolute atomic E-state index is 8.65. The second-order valence-electron chi connectivity index (χ2n) is 11.5. The van der Waals surface area contributed by atoms with Crippen LogP contribution in [0.3, 0.4) is 0 Å². The molecule has 0 saturated carbocycles. The molecule has 7 aromatic rings. The van der Waals surface area contributed by atoms with Crippen LogP contribution in [0.4, 0.5) is 0 Å². The zero-order chi connectivity index (χ0) is 31.4. The second kappa shape index (κ2) is 13.9. The number of aromatic nitrogens is 2. The van der Waals surface area contributed by atoms with Crippen LogP contribution in [-0.4, -0.2) is 9.97 Å². The average molecular weight is 749 g/mol. The van der Waals surface area contributed by atoms with Gasteiger partial charge in [-0.25, -0.2) is 0 Å². The molecule has 5 aromatic carbocycles. The Hall–Kier alpha value is -4.43. The first-order valence-electron chi connectivity index (χ1n) is 15.5. The predicted octanol–water partition coefficient (Wildman–Crippen LogP) is 10.7. The van der Waals surface area contributed by atoms with E-state index in [-0.39, 0.29) is 20.1 Å². The minimum absolute atomic E-state index is 0. The van der Waals surface area contributed by atoms with E-state index >= 15 is 0 Å². The number of pyridine rings is 2. The number of benzene rings is 5. The summed E-state index contributed by atoms with van der Waals surface area (Å²) in [5, 5.41) is 4.90. The Balaban J connectivity index is 0.000000269. The number of hydrogen-bond donors (Lipinski definition) is 0. The standard InChI is InChI=1S/C30H26N.C11H8N.Ir/c1-30(2,3)20-21-15-16-31-29(17-21)24-11-8-10-22(18-24)28-19-23-9-4-5-12-25(23)26-13-6-7-14-27(26)28;1-2-6-10(7-3-1)11-8-4-5-9-12-11;/h4-10,12-19H,20H2,1-3H3;1-6,8-9H;/q2*-1;/i20D2;;. The van der Waals surface area contributed by atoms with Crippen molar-refractivity contribution in [1.82, 2.24) is 9.97 Å². The van der Waals surface area contributed by atoms with Gasteiger partial charge >= 0.3 is 0 Å². The monoisotopic (exact) mass is 749 g/mol. The van der Waals surface area contributed by atoms with E-state index in [1.165, 1.54) is 27.1 Å². The molecule has 0 aliphatic carbocycles. The molecule has 0 aliphatic rings. The second-order valence-corrected chi connectivity index (χ2v) is 11.5. The van der Waals surface area contributed by atoms with Gasteiger partial charge in [0.15, 0.2) is 0 Å². The number of hydrogen-bond acceptors (Lipinski definition) is 2. The first kappa shape index (κ1) is 28.3. The summed E-state index contributed by atoms with van der Waals surface area (Å²) < 4.78 is 17.3. The van der Waals surface area contributed by atoms with Gasteiger partial charge in [0.05, 0.1) is 0 Å². The van der Waals surface area contributed by atoms with Gasteiger partial charge in [0, 0.05) is 35.2 Å². The summed E-state index contributed by atoms with van der Waals surface area (Å²) >= 11 is 0. The van der Waals surface area contributed by atoms with Crippen molar-refractivity contribution in [2.75, 3.05) is 0 Å². The molecule has 219 valence electrons. The summed E-state index contributed by atoms with van der Waals surface area (Å²) in [4.78, 5) is 8.77. The van der Waals surface area contributed by atoms with E-state index in [1.807, 2.05) is 75.4 Å². The van der Waals surface area contributed by atoms with E-state index < -0.39 is 11.8 Å². The van der Waals surface area contributed by atoms with Gasteiger partial charge in [0.1, 0.15) is 0 Å². The van der Waals surface area contributed by atoms with E-state index in [0.29, 0.717) is 5.56 Å². The smallest absolute Gasteiger partial charge is 0.0321 e. The first-order chi connectivity index (χ1) is 21.7. The molecule has 0 atom stereocenters. The van der Waals surface area contributed by atoms with E-state index in [2.05, 4.69) is 88.8 Å². The molecule has 0 aliphatic heterocycles. The third kappa shape index (κ3) is 7.37. The molecule has 7 rings (SSSR count). The number of nitrogens with zero attached hydrogens (tertiary/aromatic N) is 2. The molecule has 2 aromatic heterocycles. The summed E-state index contributed by atoms with van der Waals surface area (Å²) in [6, 6.07) is 49.1. The summed E-state index contributed by atoms with van der Waals surface area (Å²) in [5.41, 5.74) is 5.97. The van der Waals surface area contributed by atoms with Crippen LogP contribution < -0.4 is 0 Å². The SMILES string of the molecule is [2H]C([2H])(c1ccnc(-c2[c-]ccc(-c3cc4ccccc4c4ccccc34)c2)c1)C(C)(C)C.[Ir].[c-]1ccccc1-c1ccccn1. The van der Waals surface area contributed by atoms with Crippen LogP contribution in [0.1, 0.15) is 29.1 Å². The molecule has 2 heterocycles. The van der Waals surface area contributed by atoms with Crippen LogP contribution in [0, 0.1) is 17.5 Å². The number of fused-ring (bicyclic) bond motifs is 3. The van der Waals surface area contributed by atoms with E-state index in [9.17, 15) is 0 Å². The minimum Gasteiger partial charge on any atom is -0.305 e. The molecule has 3 heteroatoms. The Morgan fingerprint density at radius 1 is 0.614 bits per heavy atom. The van der Waals surface area contributed by atoms with Crippen LogP contribution in [-0.2, 0) is 26.5 Å². The summed E-state index contributed by atoms with van der Waals surface area (Å²) in [6.45, 7) is 5.76. The molecule has 0 spiro atoms. The average Bonchev–Trinajstić information content (AvgIpc) is 3.08. The van der Waals surface area contributed by atoms with Gasteiger partial charge in [0.25, 0.3) is 0 Å². The topological polar surface area (TPSA) is 25.8 Å². The molecule has 1 radical (unpaired) electrons. The van der Waals surface area contributed by atoms with Gasteiger partial charge in [-0.05, 0) is 68.5 Å². The summed E-state index contributed by atoms with van der Waals surface area (Å²) in [7, 11) is 0. The van der Waals surface area contributed by atoms with Crippen LogP contribution in [0.2, 0.25) is 0 Å². The van der Waals surface area contributed by atoms with E-state index in [4.69, 9.17) is 2.74 Å². The Bertz CT molecular complexity index is 2030. The van der Waals surface area contributed by atoms with Crippen LogP contribution in [0.25, 0.3) is 55.2 Å². The zero-order valence-corrected chi connectivity index (χ0v) is 27.4. The van der Waals surface area contributed by atoms with Crippen molar-refractivity contribution in [1.29, 1.82) is 0 Å². The summed E-state index contributed by atoms with van der Waals surface area (Å²) in [5.74, 6) is 0. The fraction of sp³-hybridized carbons (Fsp3) is 0.122. The van der Waals surface area contributed by atoms with Crippen LogP contribution >= 0.6 is 0 Å². The Kier molecular flexibility index (Phi) is 8.96. The van der Waals surface area contributed by atoms with Gasteiger partial charge < -0.3 is 9.97 Å². The van der Waals surface area contributed by atoms with Crippen LogP contribution in [0.5, 0.6) is 0 Å². The van der Waals surface area contributed by atoms with Gasteiger partial charge in [-0.1, -0.05) is 93.1 Å². The Morgan fingerprint density at radius 3 is 2.07 bits per heavy atom. The molecule has 0 bridgehead atoms. The van der Waals surface area contributed by atoms with Crippen LogP contribution in [0.15, 0.2) is 140 Å². The van der Waals surface area contributed by atoms with E-state index in [0.717, 1.165) is 28.1 Å². The Labute approximate surface area is 277 Å². The minimum atomic E-state index is -1.48. The van der Waals surface area contributed by atoms with Crippen molar-refractivity contribution >= 4 is 21.5 Å². The van der Waals surface area contributed by atoms with Crippen molar-refractivity contribution in [3.63, 3.8) is 0 Å². The molecule has 0 N–H and O–H groups in total.